The molecule has 0 bridgehead atoms. The number of nitrogens with one attached hydrogen (secondary N) is 1. The molecule has 0 fully saturated rings. The quantitative estimate of drug-likeness (QED) is 0.644. The number of sulfonamides is 1. The number of methoxy groups -OCH3 is 1. The number of ether oxygens (including phenoxy) is 1. The van der Waals surface area contributed by atoms with Crippen molar-refractivity contribution in [2.75, 3.05) is 23.8 Å². The fourth-order valence-corrected chi connectivity index (χ4v) is 3.99. The standard InChI is InChI=1S/C22H22N2O4S/c1-24(29(26,27)21-6-4-3-5-7-21)19-12-8-17(9-13-19)16-22(25)23-18-10-14-20(28-2)15-11-18/h3-15H,16H2,1-2H3,(H,23,25). The largest absolute Gasteiger partial charge is 0.497 e. The number of carbonyl (C=O) groups excluding carboxylic acids is 1. The summed E-state index contributed by atoms with van der Waals surface area (Å²) in [6.07, 6.45) is 0.182. The Bertz CT molecular complexity index is 1060. The predicted molar refractivity (Wildman–Crippen MR) is 114 cm³/mol. The monoisotopic (exact) mass is 410 g/mol. The van der Waals surface area contributed by atoms with Crippen LogP contribution in [0.2, 0.25) is 0 Å². The van der Waals surface area contributed by atoms with E-state index in [0.717, 1.165) is 5.56 Å². The molecule has 0 heterocycles. The summed E-state index contributed by atoms with van der Waals surface area (Å²) in [6, 6.07) is 22.2. The van der Waals surface area contributed by atoms with Gasteiger partial charge in [0.25, 0.3) is 10.0 Å². The summed E-state index contributed by atoms with van der Waals surface area (Å²) in [5, 5.41) is 2.82. The molecule has 0 unspecified atom stereocenters. The van der Waals surface area contributed by atoms with Gasteiger partial charge in [0.05, 0.1) is 24.1 Å². The second kappa shape index (κ2) is 8.79. The highest BCUT2D eigenvalue weighted by atomic mass is 32.2. The molecule has 1 amide bonds. The van der Waals surface area contributed by atoms with Gasteiger partial charge in [0.15, 0.2) is 0 Å². The molecule has 0 atom stereocenters. The van der Waals surface area contributed by atoms with Crippen molar-refractivity contribution in [2.45, 2.75) is 11.3 Å². The first-order valence-corrected chi connectivity index (χ1v) is 10.4. The Balaban J connectivity index is 1.65. The summed E-state index contributed by atoms with van der Waals surface area (Å²) >= 11 is 0. The van der Waals surface area contributed by atoms with Crippen molar-refractivity contribution in [3.63, 3.8) is 0 Å². The van der Waals surface area contributed by atoms with Crippen LogP contribution in [-0.2, 0) is 21.2 Å². The van der Waals surface area contributed by atoms with Crippen LogP contribution in [-0.4, -0.2) is 28.5 Å². The summed E-state index contributed by atoms with van der Waals surface area (Å²) in [7, 11) is -0.540. The molecule has 0 aliphatic heterocycles. The maximum absolute atomic E-state index is 12.7. The third kappa shape index (κ3) is 4.94. The number of amides is 1. The number of benzene rings is 3. The Morgan fingerprint density at radius 3 is 2.14 bits per heavy atom. The van der Waals surface area contributed by atoms with E-state index >= 15 is 0 Å². The molecule has 29 heavy (non-hydrogen) atoms. The summed E-state index contributed by atoms with van der Waals surface area (Å²) in [5.41, 5.74) is 1.99. The fraction of sp³-hybridized carbons (Fsp3) is 0.136. The van der Waals surface area contributed by atoms with Crippen molar-refractivity contribution < 1.29 is 17.9 Å². The average Bonchev–Trinajstić information content (AvgIpc) is 2.75. The number of carbonyl (C=O) groups is 1. The number of nitrogens with zero attached hydrogens (tertiary/aromatic N) is 1. The summed E-state index contributed by atoms with van der Waals surface area (Å²) in [4.78, 5) is 12.5. The third-order valence-electron chi connectivity index (χ3n) is 4.44. The van der Waals surface area contributed by atoms with Crippen LogP contribution in [0.25, 0.3) is 0 Å². The molecular formula is C22H22N2O4S. The minimum absolute atomic E-state index is 0.159. The van der Waals surface area contributed by atoms with E-state index in [2.05, 4.69) is 5.32 Å². The Kier molecular flexibility index (Phi) is 6.19. The Morgan fingerprint density at radius 2 is 1.55 bits per heavy atom. The average molecular weight is 410 g/mol. The van der Waals surface area contributed by atoms with Crippen molar-refractivity contribution in [3.8, 4) is 5.75 Å². The van der Waals surface area contributed by atoms with E-state index in [4.69, 9.17) is 4.74 Å². The van der Waals surface area contributed by atoms with Crippen LogP contribution in [0.5, 0.6) is 5.75 Å². The molecule has 150 valence electrons. The Hall–Kier alpha value is -3.32. The van der Waals surface area contributed by atoms with Gasteiger partial charge in [0.2, 0.25) is 5.91 Å². The minimum atomic E-state index is -3.63. The SMILES string of the molecule is COc1ccc(NC(=O)Cc2ccc(N(C)S(=O)(=O)c3ccccc3)cc2)cc1. The van der Waals surface area contributed by atoms with Gasteiger partial charge in [-0.05, 0) is 54.1 Å². The first-order valence-electron chi connectivity index (χ1n) is 8.97. The molecule has 6 nitrogen and oxygen atoms in total. The van der Waals surface area contributed by atoms with Crippen LogP contribution in [0, 0.1) is 0 Å². The highest BCUT2D eigenvalue weighted by molar-refractivity contribution is 7.92. The summed E-state index contributed by atoms with van der Waals surface area (Å²) < 4.78 is 31.7. The zero-order valence-corrected chi connectivity index (χ0v) is 17.0. The molecule has 3 rings (SSSR count). The lowest BCUT2D eigenvalue weighted by atomic mass is 10.1. The number of hydrogen-bond acceptors (Lipinski definition) is 4. The molecule has 0 aliphatic carbocycles. The predicted octanol–water partition coefficient (Wildman–Crippen LogP) is 3.70. The minimum Gasteiger partial charge on any atom is -0.497 e. The zero-order chi connectivity index (χ0) is 20.9. The molecule has 0 saturated carbocycles. The Labute approximate surface area is 170 Å². The van der Waals surface area contributed by atoms with Gasteiger partial charge in [-0.3, -0.25) is 9.10 Å². The molecule has 0 aliphatic rings. The molecule has 0 radical (unpaired) electrons. The van der Waals surface area contributed by atoms with Crippen molar-refractivity contribution >= 4 is 27.3 Å². The van der Waals surface area contributed by atoms with E-state index in [-0.39, 0.29) is 17.2 Å². The van der Waals surface area contributed by atoms with E-state index in [0.29, 0.717) is 17.1 Å². The van der Waals surface area contributed by atoms with Crippen molar-refractivity contribution in [1.82, 2.24) is 0 Å². The van der Waals surface area contributed by atoms with Crippen LogP contribution in [0.1, 0.15) is 5.56 Å². The van der Waals surface area contributed by atoms with Crippen molar-refractivity contribution in [2.24, 2.45) is 0 Å². The normalized spacial score (nSPS) is 11.0. The second-order valence-corrected chi connectivity index (χ2v) is 8.37. The third-order valence-corrected chi connectivity index (χ3v) is 6.24. The first kappa shape index (κ1) is 20.4. The van der Waals surface area contributed by atoms with Crippen molar-refractivity contribution in [3.05, 3.63) is 84.4 Å². The van der Waals surface area contributed by atoms with Gasteiger partial charge in [-0.25, -0.2) is 8.42 Å². The van der Waals surface area contributed by atoms with Gasteiger partial charge in [-0.1, -0.05) is 30.3 Å². The summed E-state index contributed by atoms with van der Waals surface area (Å²) in [6.45, 7) is 0. The highest BCUT2D eigenvalue weighted by Gasteiger charge is 2.20. The van der Waals surface area contributed by atoms with E-state index in [1.807, 2.05) is 0 Å². The number of hydrogen-bond donors (Lipinski definition) is 1. The van der Waals surface area contributed by atoms with Gasteiger partial charge in [-0.2, -0.15) is 0 Å². The molecule has 0 saturated heterocycles. The van der Waals surface area contributed by atoms with E-state index < -0.39 is 10.0 Å². The molecule has 3 aromatic carbocycles. The molecule has 0 aromatic heterocycles. The van der Waals surface area contributed by atoms with Crippen LogP contribution in [0.3, 0.4) is 0 Å². The van der Waals surface area contributed by atoms with Gasteiger partial charge in [-0.15, -0.1) is 0 Å². The van der Waals surface area contributed by atoms with Gasteiger partial charge in [0, 0.05) is 12.7 Å². The van der Waals surface area contributed by atoms with Crippen LogP contribution in [0.15, 0.2) is 83.8 Å². The zero-order valence-electron chi connectivity index (χ0n) is 16.2. The van der Waals surface area contributed by atoms with Gasteiger partial charge >= 0.3 is 0 Å². The van der Waals surface area contributed by atoms with E-state index in [9.17, 15) is 13.2 Å². The number of anilines is 2. The smallest absolute Gasteiger partial charge is 0.264 e. The van der Waals surface area contributed by atoms with Gasteiger partial charge in [0.1, 0.15) is 5.75 Å². The lowest BCUT2D eigenvalue weighted by Gasteiger charge is -2.19. The van der Waals surface area contributed by atoms with E-state index in [1.54, 1.807) is 86.0 Å². The Morgan fingerprint density at radius 1 is 0.931 bits per heavy atom. The fourth-order valence-electron chi connectivity index (χ4n) is 2.78. The maximum atomic E-state index is 12.7. The highest BCUT2D eigenvalue weighted by Crippen LogP contribution is 2.22. The van der Waals surface area contributed by atoms with E-state index in [1.165, 1.54) is 11.4 Å². The number of rotatable bonds is 7. The van der Waals surface area contributed by atoms with Crippen LogP contribution >= 0.6 is 0 Å². The molecule has 7 heteroatoms. The molecular weight excluding hydrogens is 388 g/mol. The van der Waals surface area contributed by atoms with Crippen molar-refractivity contribution in [1.29, 1.82) is 0 Å². The topological polar surface area (TPSA) is 75.7 Å². The maximum Gasteiger partial charge on any atom is 0.264 e. The molecule has 3 aromatic rings. The van der Waals surface area contributed by atoms with Gasteiger partial charge < -0.3 is 10.1 Å². The van der Waals surface area contributed by atoms with Crippen LogP contribution in [0.4, 0.5) is 11.4 Å². The molecule has 1 N–H and O–H groups in total. The molecule has 0 spiro atoms. The van der Waals surface area contributed by atoms with Crippen LogP contribution < -0.4 is 14.4 Å². The lowest BCUT2D eigenvalue weighted by Crippen LogP contribution is -2.26. The second-order valence-electron chi connectivity index (χ2n) is 6.41. The first-order chi connectivity index (χ1) is 13.9. The summed E-state index contributed by atoms with van der Waals surface area (Å²) in [5.74, 6) is 0.557. The lowest BCUT2D eigenvalue weighted by molar-refractivity contribution is -0.115.